The lowest BCUT2D eigenvalue weighted by molar-refractivity contribution is 0.164. The number of nitrogens with zero attached hydrogens (tertiary/aromatic N) is 1. The van der Waals surface area contributed by atoms with Gasteiger partial charge in [0.15, 0.2) is 5.11 Å². The molecule has 2 saturated carbocycles. The maximum atomic E-state index is 5.65. The number of likely N-dealkylation sites (tertiary alicyclic amines) is 1. The van der Waals surface area contributed by atoms with Crippen molar-refractivity contribution in [3.05, 3.63) is 29.8 Å². The molecule has 0 aromatic heterocycles. The van der Waals surface area contributed by atoms with Crippen LogP contribution in [0.25, 0.3) is 0 Å². The molecule has 3 aliphatic rings. The van der Waals surface area contributed by atoms with Crippen LogP contribution in [0.1, 0.15) is 56.6 Å². The Morgan fingerprint density at radius 1 is 1.15 bits per heavy atom. The molecule has 4 rings (SSSR count). The molecule has 1 saturated heterocycles. The molecule has 0 amide bonds. The number of rotatable bonds is 6. The zero-order chi connectivity index (χ0) is 18.6. The van der Waals surface area contributed by atoms with E-state index in [2.05, 4.69) is 39.8 Å². The van der Waals surface area contributed by atoms with Crippen molar-refractivity contribution in [2.75, 3.05) is 26.7 Å². The molecule has 148 valence electrons. The number of hydrogen-bond donors (Lipinski definition) is 2. The van der Waals surface area contributed by atoms with Crippen molar-refractivity contribution in [2.24, 2.45) is 11.8 Å². The first-order valence-electron chi connectivity index (χ1n) is 10.7. The van der Waals surface area contributed by atoms with Gasteiger partial charge in [-0.25, -0.2) is 0 Å². The zero-order valence-corrected chi connectivity index (χ0v) is 17.3. The molecular formula is C22H33N3OS. The van der Waals surface area contributed by atoms with Gasteiger partial charge < -0.3 is 15.4 Å². The van der Waals surface area contributed by atoms with Crippen LogP contribution in [0.3, 0.4) is 0 Å². The van der Waals surface area contributed by atoms with Crippen molar-refractivity contribution in [1.82, 2.24) is 15.5 Å². The topological polar surface area (TPSA) is 36.5 Å². The van der Waals surface area contributed by atoms with Crippen molar-refractivity contribution >= 4 is 17.3 Å². The van der Waals surface area contributed by atoms with Crippen LogP contribution in [0.4, 0.5) is 0 Å². The Bertz CT molecular complexity index is 629. The summed E-state index contributed by atoms with van der Waals surface area (Å²) in [5.74, 6) is 2.70. The molecule has 1 aromatic carbocycles. The van der Waals surface area contributed by atoms with Crippen LogP contribution < -0.4 is 15.4 Å². The Hall–Kier alpha value is -1.33. The molecule has 0 unspecified atom stereocenters. The highest BCUT2D eigenvalue weighted by Gasteiger charge is 2.39. The highest BCUT2D eigenvalue weighted by atomic mass is 32.1. The van der Waals surface area contributed by atoms with E-state index in [4.69, 9.17) is 17.0 Å². The van der Waals surface area contributed by atoms with Gasteiger partial charge in [0.2, 0.25) is 0 Å². The molecule has 1 aliphatic heterocycles. The Morgan fingerprint density at radius 3 is 2.56 bits per heavy atom. The van der Waals surface area contributed by atoms with Gasteiger partial charge in [-0.1, -0.05) is 25.0 Å². The Labute approximate surface area is 169 Å². The van der Waals surface area contributed by atoms with Crippen molar-refractivity contribution < 1.29 is 4.74 Å². The minimum atomic E-state index is 0.357. The minimum absolute atomic E-state index is 0.357. The fraction of sp³-hybridized carbons (Fsp3) is 0.682. The summed E-state index contributed by atoms with van der Waals surface area (Å²) in [6.07, 6.45) is 9.46. The van der Waals surface area contributed by atoms with Crippen LogP contribution in [-0.2, 0) is 0 Å². The summed E-state index contributed by atoms with van der Waals surface area (Å²) < 4.78 is 5.33. The molecule has 4 nitrogen and oxygen atoms in total. The predicted octanol–water partition coefficient (Wildman–Crippen LogP) is 3.87. The Balaban J connectivity index is 1.36. The second-order valence-electron chi connectivity index (χ2n) is 8.52. The van der Waals surface area contributed by atoms with Crippen molar-refractivity contribution in [3.8, 4) is 5.75 Å². The van der Waals surface area contributed by atoms with Gasteiger partial charge in [-0.3, -0.25) is 4.90 Å². The predicted molar refractivity (Wildman–Crippen MR) is 114 cm³/mol. The molecule has 0 radical (unpaired) electrons. The summed E-state index contributed by atoms with van der Waals surface area (Å²) in [6, 6.07) is 9.49. The monoisotopic (exact) mass is 387 g/mol. The molecule has 2 aliphatic carbocycles. The van der Waals surface area contributed by atoms with Gasteiger partial charge >= 0.3 is 0 Å². The van der Waals surface area contributed by atoms with Gasteiger partial charge in [-0.2, -0.15) is 0 Å². The second kappa shape index (κ2) is 8.78. The number of nitrogens with one attached hydrogen (secondary N) is 2. The highest BCUT2D eigenvalue weighted by molar-refractivity contribution is 7.80. The number of ether oxygens (including phenoxy) is 1. The van der Waals surface area contributed by atoms with E-state index in [9.17, 15) is 0 Å². The van der Waals surface area contributed by atoms with E-state index in [1.165, 1.54) is 63.6 Å². The lowest BCUT2D eigenvalue weighted by Gasteiger charge is -2.35. The van der Waals surface area contributed by atoms with Crippen molar-refractivity contribution in [2.45, 2.75) is 57.0 Å². The van der Waals surface area contributed by atoms with E-state index < -0.39 is 0 Å². The lowest BCUT2D eigenvalue weighted by Crippen LogP contribution is -2.47. The fourth-order valence-electron chi connectivity index (χ4n) is 5.34. The fourth-order valence-corrected chi connectivity index (χ4v) is 5.58. The number of hydrogen-bond acceptors (Lipinski definition) is 3. The molecule has 2 bridgehead atoms. The lowest BCUT2D eigenvalue weighted by atomic mass is 9.95. The summed E-state index contributed by atoms with van der Waals surface area (Å²) >= 11 is 5.65. The van der Waals surface area contributed by atoms with E-state index in [0.29, 0.717) is 12.1 Å². The van der Waals surface area contributed by atoms with Crippen molar-refractivity contribution in [1.29, 1.82) is 0 Å². The standard InChI is InChI=1S/C22H33N3OS/c1-26-19-9-7-17(8-10-19)21(25-11-3-2-4-12-25)15-23-22(27)24-20-14-16-5-6-18(20)13-16/h7-10,16,18,20-21H,2-6,11-15H2,1H3,(H2,23,24,27)/t16-,18-,20-,21+/m1/s1. The van der Waals surface area contributed by atoms with Gasteiger partial charge in [0.1, 0.15) is 5.75 Å². The van der Waals surface area contributed by atoms with E-state index in [0.717, 1.165) is 29.2 Å². The second-order valence-corrected chi connectivity index (χ2v) is 8.93. The molecule has 1 heterocycles. The van der Waals surface area contributed by atoms with Gasteiger partial charge in [0.25, 0.3) is 0 Å². The molecule has 0 spiro atoms. The smallest absolute Gasteiger partial charge is 0.166 e. The van der Waals surface area contributed by atoms with Gasteiger partial charge in [0.05, 0.1) is 13.2 Å². The third-order valence-corrected chi connectivity index (χ3v) is 7.10. The minimum Gasteiger partial charge on any atom is -0.497 e. The van der Waals surface area contributed by atoms with Crippen LogP contribution in [0.2, 0.25) is 0 Å². The van der Waals surface area contributed by atoms with Crippen LogP contribution >= 0.6 is 12.2 Å². The van der Waals surface area contributed by atoms with E-state index in [1.807, 2.05) is 0 Å². The first kappa shape index (κ1) is 19.0. The third-order valence-electron chi connectivity index (χ3n) is 6.84. The molecule has 27 heavy (non-hydrogen) atoms. The summed E-state index contributed by atoms with van der Waals surface area (Å²) in [5, 5.41) is 8.00. The average molecular weight is 388 g/mol. The van der Waals surface area contributed by atoms with Gasteiger partial charge in [-0.05, 0) is 86.9 Å². The van der Waals surface area contributed by atoms with Gasteiger partial charge in [-0.15, -0.1) is 0 Å². The quantitative estimate of drug-likeness (QED) is 0.725. The number of fused-ring (bicyclic) bond motifs is 2. The molecule has 4 atom stereocenters. The maximum absolute atomic E-state index is 5.65. The number of methoxy groups -OCH3 is 1. The molecule has 5 heteroatoms. The highest BCUT2D eigenvalue weighted by Crippen LogP contribution is 2.44. The van der Waals surface area contributed by atoms with Crippen LogP contribution in [0.15, 0.2) is 24.3 Å². The maximum Gasteiger partial charge on any atom is 0.166 e. The summed E-state index contributed by atoms with van der Waals surface area (Å²) in [4.78, 5) is 2.61. The zero-order valence-electron chi connectivity index (χ0n) is 16.5. The average Bonchev–Trinajstić information content (AvgIpc) is 3.32. The third kappa shape index (κ3) is 4.57. The summed E-state index contributed by atoms with van der Waals surface area (Å²) in [7, 11) is 1.72. The first-order valence-corrected chi connectivity index (χ1v) is 11.1. The van der Waals surface area contributed by atoms with Crippen molar-refractivity contribution in [3.63, 3.8) is 0 Å². The summed E-state index contributed by atoms with van der Waals surface area (Å²) in [6.45, 7) is 3.20. The molecule has 1 aromatic rings. The number of piperidine rings is 1. The number of benzene rings is 1. The number of thiocarbonyl (C=S) groups is 1. The summed E-state index contributed by atoms with van der Waals surface area (Å²) in [5.41, 5.74) is 1.34. The largest absolute Gasteiger partial charge is 0.497 e. The SMILES string of the molecule is COc1ccc([C@H](CNC(=S)N[C@@H]2C[C@@H]3CC[C@@H]2C3)N2CCCCC2)cc1. The Morgan fingerprint density at radius 2 is 1.93 bits per heavy atom. The van der Waals surface area contributed by atoms with E-state index >= 15 is 0 Å². The molecule has 2 N–H and O–H groups in total. The van der Waals surface area contributed by atoms with Crippen LogP contribution in [0, 0.1) is 11.8 Å². The van der Waals surface area contributed by atoms with E-state index in [1.54, 1.807) is 7.11 Å². The van der Waals surface area contributed by atoms with Crippen LogP contribution in [-0.4, -0.2) is 42.8 Å². The normalized spacial score (nSPS) is 28.7. The molecule has 3 fully saturated rings. The first-order chi connectivity index (χ1) is 13.2. The van der Waals surface area contributed by atoms with Crippen LogP contribution in [0.5, 0.6) is 5.75 Å². The van der Waals surface area contributed by atoms with Gasteiger partial charge in [0, 0.05) is 12.6 Å². The molecular weight excluding hydrogens is 354 g/mol. The Kier molecular flexibility index (Phi) is 6.18. The van der Waals surface area contributed by atoms with E-state index in [-0.39, 0.29) is 0 Å².